The Balaban J connectivity index is 1.15. The van der Waals surface area contributed by atoms with E-state index in [4.69, 9.17) is 16.1 Å². The second-order valence-electron chi connectivity index (χ2n) is 8.49. The minimum absolute atomic E-state index is 0.112. The highest BCUT2D eigenvalue weighted by Crippen LogP contribution is 2.28. The average Bonchev–Trinajstić information content (AvgIpc) is 3.26. The van der Waals surface area contributed by atoms with Crippen molar-refractivity contribution in [2.45, 2.75) is 56.7 Å². The van der Waals surface area contributed by atoms with Crippen LogP contribution >= 0.6 is 23.4 Å². The summed E-state index contributed by atoms with van der Waals surface area (Å²) in [6.07, 6.45) is 8.56. The van der Waals surface area contributed by atoms with Gasteiger partial charge in [-0.3, -0.25) is 9.69 Å². The van der Waals surface area contributed by atoms with Gasteiger partial charge < -0.3 is 9.84 Å². The molecule has 8 heteroatoms. The Morgan fingerprint density at radius 2 is 2.00 bits per heavy atom. The molecule has 1 amide bonds. The maximum atomic E-state index is 12.5. The van der Waals surface area contributed by atoms with Gasteiger partial charge in [0, 0.05) is 34.1 Å². The highest BCUT2D eigenvalue weighted by atomic mass is 35.5. The second-order valence-corrected chi connectivity index (χ2v) is 10.3. The molecule has 2 heterocycles. The van der Waals surface area contributed by atoms with Gasteiger partial charge in [0.05, 0.1) is 6.54 Å². The Morgan fingerprint density at radius 3 is 2.77 bits per heavy atom. The third-order valence-corrected chi connectivity index (χ3v) is 7.79. The van der Waals surface area contributed by atoms with E-state index in [0.717, 1.165) is 49.0 Å². The van der Waals surface area contributed by atoms with Crippen molar-refractivity contribution in [3.63, 3.8) is 0 Å². The van der Waals surface area contributed by atoms with Crippen LogP contribution < -0.4 is 5.32 Å². The number of likely N-dealkylation sites (tertiary alicyclic amines) is 1. The molecule has 31 heavy (non-hydrogen) atoms. The van der Waals surface area contributed by atoms with E-state index in [1.807, 2.05) is 36.0 Å². The lowest BCUT2D eigenvalue weighted by atomic mass is 9.96. The summed E-state index contributed by atoms with van der Waals surface area (Å²) in [6, 6.07) is 7.44. The number of aromatic nitrogens is 2. The lowest BCUT2D eigenvalue weighted by molar-refractivity contribution is -0.126. The normalized spacial score (nSPS) is 18.9. The summed E-state index contributed by atoms with van der Waals surface area (Å²) in [4.78, 5) is 19.3. The van der Waals surface area contributed by atoms with Crippen LogP contribution in [0.1, 0.15) is 50.8 Å². The van der Waals surface area contributed by atoms with Gasteiger partial charge >= 0.3 is 0 Å². The molecule has 4 rings (SSSR count). The van der Waals surface area contributed by atoms with Crippen LogP contribution in [0.5, 0.6) is 0 Å². The number of carbonyl (C=O) groups is 1. The molecule has 0 atom stereocenters. The molecule has 2 aliphatic rings. The molecule has 1 aliphatic carbocycles. The number of nitrogens with zero attached hydrogens (tertiary/aromatic N) is 3. The van der Waals surface area contributed by atoms with Crippen LogP contribution in [0.4, 0.5) is 0 Å². The van der Waals surface area contributed by atoms with E-state index in [1.165, 1.54) is 32.1 Å². The first kappa shape index (κ1) is 22.6. The SMILES string of the molecule is O=C(NCCSC1CCCCC1)C1CCN(Cc2nc(-c3cccc(Cl)c3)no2)CC1. The van der Waals surface area contributed by atoms with Crippen molar-refractivity contribution in [2.24, 2.45) is 5.92 Å². The van der Waals surface area contributed by atoms with Crippen molar-refractivity contribution < 1.29 is 9.32 Å². The van der Waals surface area contributed by atoms with E-state index >= 15 is 0 Å². The summed E-state index contributed by atoms with van der Waals surface area (Å²) in [6.45, 7) is 3.13. The number of nitrogens with one attached hydrogen (secondary N) is 1. The Hall–Kier alpha value is -1.57. The molecule has 1 N–H and O–H groups in total. The van der Waals surface area contributed by atoms with Crippen LogP contribution in [-0.2, 0) is 11.3 Å². The zero-order chi connectivity index (χ0) is 21.5. The summed E-state index contributed by atoms with van der Waals surface area (Å²) in [7, 11) is 0. The van der Waals surface area contributed by atoms with E-state index in [-0.39, 0.29) is 11.8 Å². The molecule has 6 nitrogen and oxygen atoms in total. The third-order valence-electron chi connectivity index (χ3n) is 6.18. The first-order chi connectivity index (χ1) is 15.2. The number of amides is 1. The summed E-state index contributed by atoms with van der Waals surface area (Å²) in [5, 5.41) is 8.68. The van der Waals surface area contributed by atoms with Crippen molar-refractivity contribution in [1.29, 1.82) is 0 Å². The van der Waals surface area contributed by atoms with Gasteiger partial charge in [-0.05, 0) is 50.9 Å². The van der Waals surface area contributed by atoms with Crippen LogP contribution in [0.3, 0.4) is 0 Å². The number of hydrogen-bond donors (Lipinski definition) is 1. The molecule has 0 spiro atoms. The lowest BCUT2D eigenvalue weighted by Crippen LogP contribution is -2.40. The summed E-state index contributed by atoms with van der Waals surface area (Å²) < 4.78 is 5.42. The Morgan fingerprint density at radius 1 is 1.19 bits per heavy atom. The lowest BCUT2D eigenvalue weighted by Gasteiger charge is -2.30. The minimum atomic E-state index is 0.112. The zero-order valence-electron chi connectivity index (χ0n) is 17.9. The first-order valence-corrected chi connectivity index (χ1v) is 12.8. The maximum absolute atomic E-state index is 12.5. The van der Waals surface area contributed by atoms with Gasteiger partial charge in [0.25, 0.3) is 0 Å². The van der Waals surface area contributed by atoms with Gasteiger partial charge in [-0.2, -0.15) is 16.7 Å². The molecule has 1 saturated carbocycles. The predicted octanol–water partition coefficient (Wildman–Crippen LogP) is 4.78. The Kier molecular flexibility index (Phi) is 8.27. The standard InChI is InChI=1S/C23H31ClN4O2S/c24-19-6-4-5-18(15-19)22-26-21(30-27-22)16-28-12-9-17(10-13-28)23(29)25-11-14-31-20-7-2-1-3-8-20/h4-6,15,17,20H,1-3,7-14,16H2,(H,25,29). The van der Waals surface area contributed by atoms with Crippen molar-refractivity contribution >= 4 is 29.3 Å². The molecular formula is C23H31ClN4O2S. The Labute approximate surface area is 193 Å². The molecule has 1 saturated heterocycles. The molecule has 2 fully saturated rings. The Bertz CT molecular complexity index is 848. The number of halogens is 1. The number of benzene rings is 1. The number of thioether (sulfide) groups is 1. The highest BCUT2D eigenvalue weighted by molar-refractivity contribution is 7.99. The molecule has 0 radical (unpaired) electrons. The molecular weight excluding hydrogens is 432 g/mol. The number of hydrogen-bond acceptors (Lipinski definition) is 6. The van der Waals surface area contributed by atoms with Crippen LogP contribution in [0.2, 0.25) is 5.02 Å². The maximum Gasteiger partial charge on any atom is 0.241 e. The van der Waals surface area contributed by atoms with E-state index < -0.39 is 0 Å². The zero-order valence-corrected chi connectivity index (χ0v) is 19.5. The molecule has 1 aromatic heterocycles. The van der Waals surface area contributed by atoms with E-state index in [9.17, 15) is 4.79 Å². The monoisotopic (exact) mass is 462 g/mol. The van der Waals surface area contributed by atoms with Gasteiger partial charge in [-0.1, -0.05) is 48.2 Å². The largest absolute Gasteiger partial charge is 0.355 e. The van der Waals surface area contributed by atoms with Crippen LogP contribution in [0, 0.1) is 5.92 Å². The van der Waals surface area contributed by atoms with Gasteiger partial charge in [0.1, 0.15) is 0 Å². The van der Waals surface area contributed by atoms with Crippen molar-refractivity contribution in [3.05, 3.63) is 35.2 Å². The van der Waals surface area contributed by atoms with Crippen molar-refractivity contribution in [2.75, 3.05) is 25.4 Å². The number of carbonyl (C=O) groups excluding carboxylic acids is 1. The number of rotatable bonds is 8. The molecule has 0 unspecified atom stereocenters. The van der Waals surface area contributed by atoms with Gasteiger partial charge in [0.2, 0.25) is 17.6 Å². The highest BCUT2D eigenvalue weighted by Gasteiger charge is 2.26. The molecule has 168 valence electrons. The molecule has 0 bridgehead atoms. The fourth-order valence-corrected chi connectivity index (χ4v) is 5.79. The van der Waals surface area contributed by atoms with E-state index in [2.05, 4.69) is 20.4 Å². The fourth-order valence-electron chi connectivity index (χ4n) is 4.38. The average molecular weight is 463 g/mol. The summed E-state index contributed by atoms with van der Waals surface area (Å²) in [5.41, 5.74) is 0.847. The predicted molar refractivity (Wildman–Crippen MR) is 125 cm³/mol. The quantitative estimate of drug-likeness (QED) is 0.569. The van der Waals surface area contributed by atoms with Gasteiger partial charge in [0.15, 0.2) is 0 Å². The minimum Gasteiger partial charge on any atom is -0.355 e. The smallest absolute Gasteiger partial charge is 0.241 e. The van der Waals surface area contributed by atoms with Crippen LogP contribution in [-0.4, -0.2) is 51.6 Å². The third kappa shape index (κ3) is 6.70. The van der Waals surface area contributed by atoms with Crippen LogP contribution in [0.25, 0.3) is 11.4 Å². The molecule has 2 aromatic rings. The number of piperidine rings is 1. The van der Waals surface area contributed by atoms with Crippen LogP contribution in [0.15, 0.2) is 28.8 Å². The topological polar surface area (TPSA) is 71.3 Å². The molecule has 1 aliphatic heterocycles. The van der Waals surface area contributed by atoms with Gasteiger partial charge in [-0.25, -0.2) is 0 Å². The van der Waals surface area contributed by atoms with E-state index in [1.54, 1.807) is 0 Å². The van der Waals surface area contributed by atoms with Crippen molar-refractivity contribution in [3.8, 4) is 11.4 Å². The molecule has 1 aromatic carbocycles. The first-order valence-electron chi connectivity index (χ1n) is 11.4. The summed E-state index contributed by atoms with van der Waals surface area (Å²) in [5.74, 6) is 2.50. The fraction of sp³-hybridized carbons (Fsp3) is 0.609. The van der Waals surface area contributed by atoms with Crippen molar-refractivity contribution in [1.82, 2.24) is 20.4 Å². The van der Waals surface area contributed by atoms with Gasteiger partial charge in [-0.15, -0.1) is 0 Å². The summed E-state index contributed by atoms with van der Waals surface area (Å²) >= 11 is 8.08. The van der Waals surface area contributed by atoms with E-state index in [0.29, 0.717) is 23.3 Å². The second kappa shape index (κ2) is 11.3.